The second-order valence-electron chi connectivity index (χ2n) is 5.68. The lowest BCUT2D eigenvalue weighted by molar-refractivity contribution is -0.131. The maximum absolute atomic E-state index is 12.6. The second-order valence-corrected chi connectivity index (χ2v) is 5.68. The Labute approximate surface area is 124 Å². The molecule has 3 rings (SSSR count). The number of hydrogen-bond acceptors (Lipinski definition) is 3. The number of aromatic nitrogens is 3. The molecule has 1 aliphatic heterocycles. The molecule has 0 bridgehead atoms. The van der Waals surface area contributed by atoms with Crippen LogP contribution in [-0.2, 0) is 18.3 Å². The summed E-state index contributed by atoms with van der Waals surface area (Å²) in [7, 11) is 1.91. The highest BCUT2D eigenvalue weighted by atomic mass is 16.2. The van der Waals surface area contributed by atoms with E-state index in [1.54, 1.807) is 10.9 Å². The van der Waals surface area contributed by atoms with Crippen molar-refractivity contribution >= 4 is 5.91 Å². The molecule has 0 aromatic carbocycles. The van der Waals surface area contributed by atoms with Crippen molar-refractivity contribution in [1.29, 1.82) is 0 Å². The topological polar surface area (TPSA) is 51.0 Å². The molecule has 1 atom stereocenters. The number of carbonyl (C=O) groups excluding carboxylic acids is 1. The normalized spacial score (nSPS) is 18.2. The first-order valence-corrected chi connectivity index (χ1v) is 7.33. The summed E-state index contributed by atoms with van der Waals surface area (Å²) in [5.41, 5.74) is 3.08. The zero-order chi connectivity index (χ0) is 14.8. The predicted molar refractivity (Wildman–Crippen MR) is 79.6 cm³/mol. The molecule has 0 N–H and O–H groups in total. The molecule has 1 saturated heterocycles. The lowest BCUT2D eigenvalue weighted by Crippen LogP contribution is -2.31. The van der Waals surface area contributed by atoms with Gasteiger partial charge in [-0.25, -0.2) is 0 Å². The van der Waals surface area contributed by atoms with Crippen molar-refractivity contribution in [2.24, 2.45) is 7.05 Å². The van der Waals surface area contributed by atoms with Crippen LogP contribution in [0.15, 0.2) is 30.7 Å². The van der Waals surface area contributed by atoms with Crippen LogP contribution < -0.4 is 0 Å². The summed E-state index contributed by atoms with van der Waals surface area (Å²) < 4.78 is 1.79. The Kier molecular flexibility index (Phi) is 3.73. The number of likely N-dealkylation sites (tertiary alicyclic amines) is 1. The van der Waals surface area contributed by atoms with Gasteiger partial charge in [-0.3, -0.25) is 14.5 Å². The van der Waals surface area contributed by atoms with E-state index < -0.39 is 0 Å². The van der Waals surface area contributed by atoms with Crippen LogP contribution >= 0.6 is 0 Å². The predicted octanol–water partition coefficient (Wildman–Crippen LogP) is 2.03. The summed E-state index contributed by atoms with van der Waals surface area (Å²) in [6.07, 6.45) is 8.15. The summed E-state index contributed by atoms with van der Waals surface area (Å²) in [5.74, 6) is 0.173. The highest BCUT2D eigenvalue weighted by Gasteiger charge is 2.30. The van der Waals surface area contributed by atoms with Gasteiger partial charge in [-0.15, -0.1) is 0 Å². The molecule has 5 nitrogen and oxygen atoms in total. The van der Waals surface area contributed by atoms with E-state index in [1.165, 1.54) is 0 Å². The average Bonchev–Trinajstić information content (AvgIpc) is 3.09. The van der Waals surface area contributed by atoms with Gasteiger partial charge >= 0.3 is 0 Å². The third-order valence-corrected chi connectivity index (χ3v) is 4.01. The van der Waals surface area contributed by atoms with E-state index in [1.807, 2.05) is 43.4 Å². The van der Waals surface area contributed by atoms with Crippen molar-refractivity contribution in [2.75, 3.05) is 6.54 Å². The second kappa shape index (κ2) is 5.68. The minimum atomic E-state index is 0.171. The van der Waals surface area contributed by atoms with Gasteiger partial charge in [0.05, 0.1) is 18.7 Å². The summed E-state index contributed by atoms with van der Waals surface area (Å²) >= 11 is 0. The SMILES string of the molecule is Cc1ccc(CC(=O)N2CCC[C@H]2c2cnn(C)c2)cn1. The van der Waals surface area contributed by atoms with Crippen molar-refractivity contribution < 1.29 is 4.79 Å². The Balaban J connectivity index is 1.72. The fourth-order valence-corrected chi connectivity index (χ4v) is 2.90. The van der Waals surface area contributed by atoms with Gasteiger partial charge in [-0.05, 0) is 31.4 Å². The van der Waals surface area contributed by atoms with Gasteiger partial charge in [-0.1, -0.05) is 6.07 Å². The summed E-state index contributed by atoms with van der Waals surface area (Å²) in [6.45, 7) is 2.78. The Morgan fingerprint density at radius 1 is 1.38 bits per heavy atom. The molecule has 0 saturated carbocycles. The van der Waals surface area contributed by atoms with Crippen LogP contribution in [-0.4, -0.2) is 32.1 Å². The van der Waals surface area contributed by atoms with Crippen LogP contribution in [0.2, 0.25) is 0 Å². The largest absolute Gasteiger partial charge is 0.335 e. The number of aryl methyl sites for hydroxylation is 2. The van der Waals surface area contributed by atoms with E-state index in [0.29, 0.717) is 6.42 Å². The molecule has 1 amide bonds. The van der Waals surface area contributed by atoms with Crippen molar-refractivity contribution in [3.8, 4) is 0 Å². The van der Waals surface area contributed by atoms with Crippen LogP contribution in [0.3, 0.4) is 0 Å². The smallest absolute Gasteiger partial charge is 0.227 e. The molecule has 1 aliphatic rings. The van der Waals surface area contributed by atoms with Gasteiger partial charge in [0, 0.05) is 37.2 Å². The lowest BCUT2D eigenvalue weighted by atomic mass is 10.1. The molecule has 0 radical (unpaired) electrons. The maximum atomic E-state index is 12.6. The van der Waals surface area contributed by atoms with E-state index in [0.717, 1.165) is 36.2 Å². The molecule has 2 aromatic heterocycles. The van der Waals surface area contributed by atoms with Crippen LogP contribution in [0.4, 0.5) is 0 Å². The van der Waals surface area contributed by atoms with E-state index >= 15 is 0 Å². The lowest BCUT2D eigenvalue weighted by Gasteiger charge is -2.24. The molecule has 0 spiro atoms. The molecule has 0 unspecified atom stereocenters. The highest BCUT2D eigenvalue weighted by Crippen LogP contribution is 2.31. The van der Waals surface area contributed by atoms with Crippen LogP contribution in [0.25, 0.3) is 0 Å². The first kappa shape index (κ1) is 13.8. The zero-order valence-electron chi connectivity index (χ0n) is 12.5. The molecule has 110 valence electrons. The fourth-order valence-electron chi connectivity index (χ4n) is 2.90. The van der Waals surface area contributed by atoms with E-state index in [2.05, 4.69) is 10.1 Å². The molecule has 1 fully saturated rings. The number of hydrogen-bond donors (Lipinski definition) is 0. The van der Waals surface area contributed by atoms with Gasteiger partial charge < -0.3 is 4.90 Å². The molecular formula is C16H20N4O. The molecule has 0 aliphatic carbocycles. The number of nitrogens with zero attached hydrogens (tertiary/aromatic N) is 4. The minimum absolute atomic E-state index is 0.171. The molecule has 5 heteroatoms. The van der Waals surface area contributed by atoms with Gasteiger partial charge in [0.2, 0.25) is 5.91 Å². The minimum Gasteiger partial charge on any atom is -0.335 e. The first-order valence-electron chi connectivity index (χ1n) is 7.33. The van der Waals surface area contributed by atoms with Crippen molar-refractivity contribution in [3.05, 3.63) is 47.5 Å². The van der Waals surface area contributed by atoms with Crippen LogP contribution in [0, 0.1) is 6.92 Å². The first-order chi connectivity index (χ1) is 10.1. The van der Waals surface area contributed by atoms with Gasteiger partial charge in [-0.2, -0.15) is 5.10 Å². The van der Waals surface area contributed by atoms with Crippen molar-refractivity contribution in [2.45, 2.75) is 32.2 Å². The Hall–Kier alpha value is -2.17. The zero-order valence-corrected chi connectivity index (χ0v) is 12.5. The Morgan fingerprint density at radius 2 is 2.24 bits per heavy atom. The fraction of sp³-hybridized carbons (Fsp3) is 0.438. The standard InChI is InChI=1S/C16H20N4O/c1-12-5-6-13(9-17-12)8-16(21)20-7-3-4-15(20)14-10-18-19(2)11-14/h5-6,9-11,15H,3-4,7-8H2,1-2H3/t15-/m0/s1. The highest BCUT2D eigenvalue weighted by molar-refractivity contribution is 5.79. The number of carbonyl (C=O) groups is 1. The number of rotatable bonds is 3. The Morgan fingerprint density at radius 3 is 2.90 bits per heavy atom. The van der Waals surface area contributed by atoms with Gasteiger partial charge in [0.15, 0.2) is 0 Å². The van der Waals surface area contributed by atoms with E-state index in [9.17, 15) is 4.79 Å². The van der Waals surface area contributed by atoms with Gasteiger partial charge in [0.1, 0.15) is 0 Å². The molecule has 21 heavy (non-hydrogen) atoms. The van der Waals surface area contributed by atoms with Crippen molar-refractivity contribution in [1.82, 2.24) is 19.7 Å². The summed E-state index contributed by atoms with van der Waals surface area (Å²) in [5, 5.41) is 4.22. The summed E-state index contributed by atoms with van der Waals surface area (Å²) in [4.78, 5) is 18.8. The quantitative estimate of drug-likeness (QED) is 0.866. The van der Waals surface area contributed by atoms with Crippen molar-refractivity contribution in [3.63, 3.8) is 0 Å². The monoisotopic (exact) mass is 284 g/mol. The molecule has 2 aromatic rings. The maximum Gasteiger partial charge on any atom is 0.227 e. The van der Waals surface area contributed by atoms with Crippen LogP contribution in [0.1, 0.15) is 35.7 Å². The third-order valence-electron chi connectivity index (χ3n) is 4.01. The number of amides is 1. The molecular weight excluding hydrogens is 264 g/mol. The third kappa shape index (κ3) is 2.96. The average molecular weight is 284 g/mol. The summed E-state index contributed by atoms with van der Waals surface area (Å²) in [6, 6.07) is 4.10. The number of pyridine rings is 1. The van der Waals surface area contributed by atoms with Crippen LogP contribution in [0.5, 0.6) is 0 Å². The van der Waals surface area contributed by atoms with Gasteiger partial charge in [0.25, 0.3) is 0 Å². The molecule has 3 heterocycles. The van der Waals surface area contributed by atoms with E-state index in [4.69, 9.17) is 0 Å². The Bertz CT molecular complexity index is 632. The van der Waals surface area contributed by atoms with E-state index in [-0.39, 0.29) is 11.9 Å².